The molecule has 0 N–H and O–H groups in total. The van der Waals surface area contributed by atoms with Gasteiger partial charge in [0.25, 0.3) is 0 Å². The minimum absolute atomic E-state index is 0. The molecule has 0 aliphatic heterocycles. The Morgan fingerprint density at radius 3 is 0.800 bits per heavy atom. The van der Waals surface area contributed by atoms with Crippen LogP contribution in [-0.4, -0.2) is 0 Å². The summed E-state index contributed by atoms with van der Waals surface area (Å²) in [5, 5.41) is 0. The molecule has 0 fully saturated rings. The van der Waals surface area contributed by atoms with Crippen molar-refractivity contribution in [2.45, 2.75) is 0 Å². The first-order valence-electron chi connectivity index (χ1n) is 0.408. The Morgan fingerprint density at radius 2 is 0.800 bits per heavy atom. The fraction of sp³-hybridized carbons (Fsp3) is 0. The van der Waals surface area contributed by atoms with Crippen LogP contribution in [0.5, 0.6) is 0 Å². The predicted octanol–water partition coefficient (Wildman–Crippen LogP) is -0.0775. The van der Waals surface area contributed by atoms with E-state index in [1.54, 1.807) is 0 Å². The van der Waals surface area contributed by atoms with Crippen molar-refractivity contribution >= 4 is 0 Å². The Kier molecular flexibility index (Phi) is 14400. The molecule has 0 amide bonds. The quantitative estimate of drug-likeness (QED) is 0.268. The molecule has 2 nitrogen and oxygen atoms in total. The van der Waals surface area contributed by atoms with Gasteiger partial charge in [-0.1, -0.05) is 0 Å². The average molecular weight is 157 g/mol. The van der Waals surface area contributed by atoms with Crippen molar-refractivity contribution in [2.75, 3.05) is 0 Å². The SMILES string of the molecule is [C-]#[O+].[C-]#[O+].[Ru+2]. The fourth-order valence-electron chi connectivity index (χ4n) is 0. The molecule has 0 aromatic heterocycles. The van der Waals surface area contributed by atoms with E-state index in [1.807, 2.05) is 0 Å². The summed E-state index contributed by atoms with van der Waals surface area (Å²) in [7, 11) is 0. The first-order chi connectivity index (χ1) is 2.00. The minimum atomic E-state index is 0. The molecular weight excluding hydrogens is 157 g/mol. The molecule has 0 aromatic rings. The van der Waals surface area contributed by atoms with Gasteiger partial charge in [0.2, 0.25) is 0 Å². The van der Waals surface area contributed by atoms with Crippen LogP contribution in [0.4, 0.5) is 0 Å². The fourth-order valence-corrected chi connectivity index (χ4v) is 0. The molecule has 0 atom stereocenters. The molecule has 0 heterocycles. The van der Waals surface area contributed by atoms with Crippen molar-refractivity contribution in [3.8, 4) is 0 Å². The summed E-state index contributed by atoms with van der Waals surface area (Å²) in [4.78, 5) is 0. The Balaban J connectivity index is -0.0000000133. The maximum Gasteiger partial charge on any atom is 2.00 e. The molecule has 0 spiro atoms. The monoisotopic (exact) mass is 158 g/mol. The van der Waals surface area contributed by atoms with Gasteiger partial charge >= 0.3 is 42.1 Å². The Hall–Kier alpha value is 0.103. The maximum absolute atomic E-state index is 7.50. The molecule has 0 rings (SSSR count). The second kappa shape index (κ2) is 3700. The molecule has 0 bridgehead atoms. The van der Waals surface area contributed by atoms with Crippen molar-refractivity contribution in [1.29, 1.82) is 0 Å². The van der Waals surface area contributed by atoms with Gasteiger partial charge in [-0.15, -0.1) is 0 Å². The van der Waals surface area contributed by atoms with Crippen LogP contribution in [0.15, 0.2) is 0 Å². The topological polar surface area (TPSA) is 39.8 Å². The number of hydrogen-bond donors (Lipinski definition) is 0. The van der Waals surface area contributed by atoms with Gasteiger partial charge in [0.15, 0.2) is 0 Å². The summed E-state index contributed by atoms with van der Waals surface area (Å²) < 4.78 is 15.0. The second-order valence-electron chi connectivity index (χ2n) is 0. The maximum atomic E-state index is 7.50. The van der Waals surface area contributed by atoms with E-state index in [2.05, 4.69) is 13.3 Å². The molecule has 5 heavy (non-hydrogen) atoms. The van der Waals surface area contributed by atoms with Gasteiger partial charge in [0, 0.05) is 0 Å². The summed E-state index contributed by atoms with van der Waals surface area (Å²) in [5.74, 6) is 0. The summed E-state index contributed by atoms with van der Waals surface area (Å²) in [5.41, 5.74) is 0. The van der Waals surface area contributed by atoms with Crippen LogP contribution >= 0.6 is 0 Å². The summed E-state index contributed by atoms with van der Waals surface area (Å²) >= 11 is 0. The third kappa shape index (κ3) is 1700. The molecule has 0 aliphatic carbocycles. The molecule has 0 aromatic carbocycles. The van der Waals surface area contributed by atoms with Crippen LogP contribution < -0.4 is 0 Å². The van der Waals surface area contributed by atoms with Gasteiger partial charge in [-0.2, -0.15) is 0 Å². The molecule has 3 heteroatoms. The van der Waals surface area contributed by atoms with Crippen molar-refractivity contribution in [3.63, 3.8) is 0 Å². The van der Waals surface area contributed by atoms with Gasteiger partial charge in [0.1, 0.15) is 0 Å². The van der Waals surface area contributed by atoms with E-state index in [4.69, 9.17) is 9.30 Å². The Morgan fingerprint density at radius 1 is 0.800 bits per heavy atom. The van der Waals surface area contributed by atoms with Crippen molar-refractivity contribution in [1.82, 2.24) is 0 Å². The third-order valence-corrected chi connectivity index (χ3v) is 0. The van der Waals surface area contributed by atoms with Crippen LogP contribution in [0.1, 0.15) is 0 Å². The largest absolute Gasteiger partial charge is 2.00 e. The van der Waals surface area contributed by atoms with Gasteiger partial charge in [-0.3, -0.25) is 0 Å². The van der Waals surface area contributed by atoms with E-state index in [-0.39, 0.29) is 19.5 Å². The van der Waals surface area contributed by atoms with Crippen LogP contribution in [0.2, 0.25) is 0 Å². The zero-order valence-corrected chi connectivity index (χ0v) is 3.91. The smallest absolute Gasteiger partial charge is 2.00 e. The molecule has 26 valence electrons. The first kappa shape index (κ1) is 19.4. The van der Waals surface area contributed by atoms with E-state index in [9.17, 15) is 0 Å². The van der Waals surface area contributed by atoms with Crippen LogP contribution in [0, 0.1) is 13.3 Å². The first-order valence-corrected chi connectivity index (χ1v) is 0.408. The average Bonchev–Trinajstić information content (AvgIpc) is 1.50. The molecule has 0 unspecified atom stereocenters. The summed E-state index contributed by atoms with van der Waals surface area (Å²) in [6, 6.07) is 0. The summed E-state index contributed by atoms with van der Waals surface area (Å²) in [6.45, 7) is 9.00. The molecule has 0 saturated heterocycles. The van der Waals surface area contributed by atoms with Gasteiger partial charge < -0.3 is 0 Å². The van der Waals surface area contributed by atoms with E-state index < -0.39 is 0 Å². The van der Waals surface area contributed by atoms with E-state index in [0.717, 1.165) is 0 Å². The van der Waals surface area contributed by atoms with Crippen molar-refractivity contribution in [2.24, 2.45) is 0 Å². The van der Waals surface area contributed by atoms with Crippen LogP contribution in [0.3, 0.4) is 0 Å². The van der Waals surface area contributed by atoms with Gasteiger partial charge in [0.05, 0.1) is 0 Å². The van der Waals surface area contributed by atoms with E-state index >= 15 is 0 Å². The molecular formula is C2O2Ru+2. The standard InChI is InChI=1S/2CO.Ru/c2*1-2;/q;;+2. The van der Waals surface area contributed by atoms with Gasteiger partial charge in [-0.05, 0) is 0 Å². The summed E-state index contributed by atoms with van der Waals surface area (Å²) in [6.07, 6.45) is 0. The van der Waals surface area contributed by atoms with Crippen molar-refractivity contribution < 1.29 is 28.8 Å². The zero-order valence-electron chi connectivity index (χ0n) is 2.17. The van der Waals surface area contributed by atoms with Crippen molar-refractivity contribution in [3.05, 3.63) is 13.3 Å². The van der Waals surface area contributed by atoms with Crippen LogP contribution in [0.25, 0.3) is 0 Å². The Bertz CT molecular complexity index is 23.1. The van der Waals surface area contributed by atoms with Gasteiger partial charge in [-0.25, -0.2) is 0 Å². The van der Waals surface area contributed by atoms with E-state index in [1.165, 1.54) is 0 Å². The number of rotatable bonds is 0. The minimum Gasteiger partial charge on any atom is 2.00 e. The predicted molar refractivity (Wildman–Crippen MR) is 7.86 cm³/mol. The van der Waals surface area contributed by atoms with Crippen LogP contribution in [-0.2, 0) is 28.8 Å². The zero-order chi connectivity index (χ0) is 4.00. The third-order valence-electron chi connectivity index (χ3n) is 0. The normalized spacial score (nSPS) is 0.800. The molecule has 0 saturated carbocycles. The Labute approximate surface area is 42.8 Å². The van der Waals surface area contributed by atoms with E-state index in [0.29, 0.717) is 0 Å². The second-order valence-corrected chi connectivity index (χ2v) is 0. The molecule has 0 radical (unpaired) electrons. The number of hydrogen-bond acceptors (Lipinski definition) is 0. The molecule has 0 aliphatic rings.